The standard InChI is InChI=1S/C8H32N12P4/c1-9-18-21(12-4)17-24(15-7,16-8)20(11-3)23(14-6)19(10-2)22(18)13-5/h9-16H,1-8H3. The third-order valence-corrected chi connectivity index (χ3v) is 14.2. The zero-order chi connectivity index (χ0) is 18.3. The second-order valence-electron chi connectivity index (χ2n) is 4.22. The van der Waals surface area contributed by atoms with Crippen LogP contribution >= 0.6 is 32.6 Å². The van der Waals surface area contributed by atoms with Crippen molar-refractivity contribution in [2.75, 3.05) is 56.4 Å². The van der Waals surface area contributed by atoms with Crippen LogP contribution in [0.1, 0.15) is 0 Å². The average molecular weight is 420 g/mol. The van der Waals surface area contributed by atoms with Crippen LogP contribution in [0.15, 0.2) is 4.52 Å². The van der Waals surface area contributed by atoms with Crippen LogP contribution < -0.4 is 41.7 Å². The van der Waals surface area contributed by atoms with Crippen LogP contribution in [-0.4, -0.2) is 70.0 Å². The van der Waals surface area contributed by atoms with Gasteiger partial charge in [0.1, 0.15) is 0 Å². The molecule has 3 unspecified atom stereocenters. The van der Waals surface area contributed by atoms with Gasteiger partial charge in [0, 0.05) is 0 Å². The molecule has 24 heavy (non-hydrogen) atoms. The van der Waals surface area contributed by atoms with Gasteiger partial charge >= 0.3 is 0 Å². The van der Waals surface area contributed by atoms with Gasteiger partial charge in [-0.25, -0.2) is 20.8 Å². The number of rotatable bonds is 8. The van der Waals surface area contributed by atoms with Crippen LogP contribution in [0.25, 0.3) is 0 Å². The van der Waals surface area contributed by atoms with E-state index in [9.17, 15) is 0 Å². The summed E-state index contributed by atoms with van der Waals surface area (Å²) >= 11 is 0. The van der Waals surface area contributed by atoms with Crippen LogP contribution in [0.4, 0.5) is 0 Å². The molecule has 1 heterocycles. The SMILES string of the molecule is CNN1P(NC)N=P(NC)(NC)N(NC)P(NC)N(NC)P1NC. The van der Waals surface area contributed by atoms with Crippen molar-refractivity contribution >= 4 is 32.6 Å². The van der Waals surface area contributed by atoms with Crippen molar-refractivity contribution in [2.24, 2.45) is 4.52 Å². The highest BCUT2D eigenvalue weighted by Crippen LogP contribution is 2.70. The van der Waals surface area contributed by atoms with Crippen molar-refractivity contribution in [1.82, 2.24) is 55.4 Å². The molecule has 1 aliphatic rings. The third kappa shape index (κ3) is 4.49. The molecule has 3 atom stereocenters. The Morgan fingerprint density at radius 3 is 1.54 bits per heavy atom. The van der Waals surface area contributed by atoms with Gasteiger partial charge in [-0.05, 0) is 56.4 Å². The first-order valence-corrected chi connectivity index (χ1v) is 12.8. The maximum Gasteiger partial charge on any atom is 0.189 e. The summed E-state index contributed by atoms with van der Waals surface area (Å²) in [6.07, 6.45) is 0. The lowest BCUT2D eigenvalue weighted by atomic mass is 11.5. The van der Waals surface area contributed by atoms with Crippen molar-refractivity contribution < 1.29 is 0 Å². The Balaban J connectivity index is 3.63. The van der Waals surface area contributed by atoms with Gasteiger partial charge in [-0.2, -0.15) is 0 Å². The number of nitrogens with zero attached hydrogens (tertiary/aromatic N) is 4. The lowest BCUT2D eigenvalue weighted by molar-refractivity contribution is 0.446. The molecular weight excluding hydrogens is 388 g/mol. The molecule has 0 aliphatic carbocycles. The van der Waals surface area contributed by atoms with E-state index >= 15 is 0 Å². The van der Waals surface area contributed by atoms with E-state index in [4.69, 9.17) is 4.52 Å². The molecule has 1 rings (SSSR count). The zero-order valence-corrected chi connectivity index (χ0v) is 19.2. The van der Waals surface area contributed by atoms with Gasteiger partial charge in [0.15, 0.2) is 32.6 Å². The van der Waals surface area contributed by atoms with E-state index in [1.165, 1.54) is 0 Å². The molecule has 0 fully saturated rings. The molecule has 144 valence electrons. The molecule has 0 spiro atoms. The molecule has 1 aliphatic heterocycles. The first-order valence-electron chi connectivity index (χ1n) is 7.39. The van der Waals surface area contributed by atoms with Gasteiger partial charge in [-0.15, -0.1) is 13.6 Å². The van der Waals surface area contributed by atoms with E-state index in [1.807, 2.05) is 56.4 Å². The highest BCUT2D eigenvalue weighted by molar-refractivity contribution is 7.81. The number of hydrazine groups is 3. The predicted octanol–water partition coefficient (Wildman–Crippen LogP) is 0.0331. The molecule has 0 saturated heterocycles. The van der Waals surface area contributed by atoms with E-state index < -0.39 is 32.6 Å². The zero-order valence-electron chi connectivity index (χ0n) is 15.6. The Hall–Kier alpha value is 1.08. The molecule has 0 radical (unpaired) electrons. The number of nitrogens with one attached hydrogen (secondary N) is 8. The highest BCUT2D eigenvalue weighted by Gasteiger charge is 2.44. The van der Waals surface area contributed by atoms with Crippen LogP contribution in [-0.2, 0) is 0 Å². The molecular formula is C8H32N12P4. The van der Waals surface area contributed by atoms with Gasteiger partial charge in [0.25, 0.3) is 0 Å². The van der Waals surface area contributed by atoms with Crippen LogP contribution in [0.5, 0.6) is 0 Å². The van der Waals surface area contributed by atoms with Crippen molar-refractivity contribution in [3.05, 3.63) is 0 Å². The number of hydrogen-bond acceptors (Lipinski definition) is 12. The van der Waals surface area contributed by atoms with Crippen molar-refractivity contribution in [1.29, 1.82) is 0 Å². The van der Waals surface area contributed by atoms with Crippen molar-refractivity contribution in [3.8, 4) is 0 Å². The largest absolute Gasteiger partial charge is 0.272 e. The van der Waals surface area contributed by atoms with E-state index in [-0.39, 0.29) is 0 Å². The predicted molar refractivity (Wildman–Crippen MR) is 108 cm³/mol. The average Bonchev–Trinajstić information content (AvgIpc) is 2.62. The molecule has 12 nitrogen and oxygen atoms in total. The molecule has 0 aromatic rings. The Bertz CT molecular complexity index is 418. The van der Waals surface area contributed by atoms with Crippen molar-refractivity contribution in [2.45, 2.75) is 0 Å². The lowest BCUT2D eigenvalue weighted by Crippen LogP contribution is -2.49. The summed E-state index contributed by atoms with van der Waals surface area (Å²) in [5, 5.41) is 17.0. The van der Waals surface area contributed by atoms with E-state index in [2.05, 4.69) is 55.4 Å². The van der Waals surface area contributed by atoms with Gasteiger partial charge < -0.3 is 0 Å². The lowest BCUT2D eigenvalue weighted by Gasteiger charge is -2.50. The molecule has 0 amide bonds. The van der Waals surface area contributed by atoms with Gasteiger partial charge in [-0.1, -0.05) is 0 Å². The van der Waals surface area contributed by atoms with Gasteiger partial charge in [-0.3, -0.25) is 25.4 Å². The molecule has 0 saturated carbocycles. The van der Waals surface area contributed by atoms with E-state index in [0.29, 0.717) is 0 Å². The minimum atomic E-state index is -2.22. The molecule has 0 aromatic heterocycles. The molecule has 8 N–H and O–H groups in total. The van der Waals surface area contributed by atoms with Crippen LogP contribution in [0, 0.1) is 0 Å². The summed E-state index contributed by atoms with van der Waals surface area (Å²) in [7, 11) is 10.4. The van der Waals surface area contributed by atoms with Crippen molar-refractivity contribution in [3.63, 3.8) is 0 Å². The summed E-state index contributed by atoms with van der Waals surface area (Å²) in [6, 6.07) is 0. The quantitative estimate of drug-likeness (QED) is 0.254. The summed E-state index contributed by atoms with van der Waals surface area (Å²) in [5.74, 6) is 0. The summed E-state index contributed by atoms with van der Waals surface area (Å²) in [5.41, 5.74) is 9.96. The summed E-state index contributed by atoms with van der Waals surface area (Å²) < 4.78 is 11.7. The maximum atomic E-state index is 5.16. The second-order valence-corrected chi connectivity index (χ2v) is 13.5. The first-order chi connectivity index (χ1) is 11.5. The minimum Gasteiger partial charge on any atom is -0.272 e. The Kier molecular flexibility index (Phi) is 10.6. The summed E-state index contributed by atoms with van der Waals surface area (Å²) in [4.78, 5) is 0. The van der Waals surface area contributed by atoms with Crippen LogP contribution in [0.3, 0.4) is 0 Å². The highest BCUT2D eigenvalue weighted by atomic mass is 31.3. The monoisotopic (exact) mass is 420 g/mol. The maximum absolute atomic E-state index is 5.16. The first kappa shape index (κ1) is 23.1. The fourth-order valence-corrected chi connectivity index (χ4v) is 14.1. The normalized spacial score (nSPS) is 29.9. The van der Waals surface area contributed by atoms with E-state index in [1.54, 1.807) is 0 Å². The van der Waals surface area contributed by atoms with E-state index in [0.717, 1.165) is 0 Å². The second kappa shape index (κ2) is 11.0. The third-order valence-electron chi connectivity index (χ3n) is 3.21. The Morgan fingerprint density at radius 1 is 0.667 bits per heavy atom. The molecule has 0 aromatic carbocycles. The Morgan fingerprint density at radius 2 is 1.21 bits per heavy atom. The fraction of sp³-hybridized carbons (Fsp3) is 1.00. The minimum absolute atomic E-state index is 0.900. The summed E-state index contributed by atoms with van der Waals surface area (Å²) in [6.45, 7) is 0. The van der Waals surface area contributed by atoms with Crippen LogP contribution in [0.2, 0.25) is 0 Å². The topological polar surface area (TPSA) is 118 Å². The van der Waals surface area contributed by atoms with Gasteiger partial charge in [0.05, 0.1) is 0 Å². The van der Waals surface area contributed by atoms with Gasteiger partial charge in [0.2, 0.25) is 0 Å². The number of hydrogen-bond donors (Lipinski definition) is 8. The fourth-order valence-electron chi connectivity index (χ4n) is 2.17. The smallest absolute Gasteiger partial charge is 0.189 e. The Labute approximate surface area is 149 Å². The molecule has 16 heteroatoms. The molecule has 0 bridgehead atoms.